The van der Waals surface area contributed by atoms with Crippen molar-refractivity contribution < 1.29 is 9.18 Å². The third kappa shape index (κ3) is 3.35. The van der Waals surface area contributed by atoms with E-state index < -0.39 is 5.95 Å². The lowest BCUT2D eigenvalue weighted by atomic mass is 10.0. The smallest absolute Gasteiger partial charge is 0.255 e. The summed E-state index contributed by atoms with van der Waals surface area (Å²) in [7, 11) is 0. The van der Waals surface area contributed by atoms with Crippen LogP contribution < -0.4 is 11.1 Å². The number of nitrogens with two attached hydrogens (primary N) is 1. The Hall–Kier alpha value is -3.21. The first-order valence-electron chi connectivity index (χ1n) is 7.01. The van der Waals surface area contributed by atoms with E-state index >= 15 is 0 Å². The minimum atomic E-state index is -0.538. The molecule has 3 aromatic rings. The lowest BCUT2D eigenvalue weighted by Crippen LogP contribution is -2.12. The van der Waals surface area contributed by atoms with Crippen LogP contribution in [0.25, 0.3) is 11.1 Å². The maximum Gasteiger partial charge on any atom is 0.255 e. The summed E-state index contributed by atoms with van der Waals surface area (Å²) < 4.78 is 13.2. The number of aromatic nitrogens is 1. The van der Waals surface area contributed by atoms with Gasteiger partial charge in [-0.2, -0.15) is 4.39 Å². The molecule has 0 unspecified atom stereocenters. The summed E-state index contributed by atoms with van der Waals surface area (Å²) in [6, 6.07) is 17.0. The summed E-state index contributed by atoms with van der Waals surface area (Å²) in [5, 5.41) is 2.76. The molecular weight excluding hydrogens is 293 g/mol. The van der Waals surface area contributed by atoms with Crippen molar-refractivity contribution in [2.24, 2.45) is 0 Å². The molecule has 5 heteroatoms. The van der Waals surface area contributed by atoms with Crippen LogP contribution in [0.15, 0.2) is 66.9 Å². The number of nitrogens with one attached hydrogen (secondary N) is 1. The van der Waals surface area contributed by atoms with Gasteiger partial charge in [0.2, 0.25) is 5.95 Å². The molecule has 0 atom stereocenters. The van der Waals surface area contributed by atoms with Crippen LogP contribution in [0.5, 0.6) is 0 Å². The van der Waals surface area contributed by atoms with Crippen molar-refractivity contribution in [3.05, 3.63) is 78.4 Å². The van der Waals surface area contributed by atoms with Crippen LogP contribution in [-0.2, 0) is 0 Å². The predicted molar refractivity (Wildman–Crippen MR) is 88.4 cm³/mol. The summed E-state index contributed by atoms with van der Waals surface area (Å²) in [6.07, 6.45) is 1.41. The SMILES string of the molecule is Nc1ccccc1NC(=O)c1ccc(-c2ccnc(F)c2)cc1. The summed E-state index contributed by atoms with van der Waals surface area (Å²) in [6.45, 7) is 0. The molecule has 1 amide bonds. The molecular formula is C18H14FN3O. The van der Waals surface area contributed by atoms with E-state index in [-0.39, 0.29) is 5.91 Å². The summed E-state index contributed by atoms with van der Waals surface area (Å²) in [5.41, 5.74) is 8.88. The Morgan fingerprint density at radius 3 is 2.43 bits per heavy atom. The van der Waals surface area contributed by atoms with Crippen LogP contribution in [0.1, 0.15) is 10.4 Å². The quantitative estimate of drug-likeness (QED) is 0.572. The number of anilines is 2. The summed E-state index contributed by atoms with van der Waals surface area (Å²) in [5.74, 6) is -0.792. The number of pyridine rings is 1. The fourth-order valence-corrected chi connectivity index (χ4v) is 2.20. The molecule has 0 aliphatic carbocycles. The molecule has 1 heterocycles. The van der Waals surface area contributed by atoms with Crippen molar-refractivity contribution >= 4 is 17.3 Å². The largest absolute Gasteiger partial charge is 0.397 e. The monoisotopic (exact) mass is 307 g/mol. The van der Waals surface area contributed by atoms with Gasteiger partial charge in [0.25, 0.3) is 5.91 Å². The van der Waals surface area contributed by atoms with Gasteiger partial charge in [-0.3, -0.25) is 4.79 Å². The molecule has 3 N–H and O–H groups in total. The van der Waals surface area contributed by atoms with Gasteiger partial charge in [-0.1, -0.05) is 24.3 Å². The lowest BCUT2D eigenvalue weighted by Gasteiger charge is -2.08. The second-order valence-corrected chi connectivity index (χ2v) is 4.99. The molecule has 1 aromatic heterocycles. The Morgan fingerprint density at radius 1 is 1.00 bits per heavy atom. The molecule has 2 aromatic carbocycles. The zero-order chi connectivity index (χ0) is 16.2. The Labute approximate surface area is 132 Å². The third-order valence-electron chi connectivity index (χ3n) is 3.42. The average molecular weight is 307 g/mol. The van der Waals surface area contributed by atoms with Crippen molar-refractivity contribution in [1.29, 1.82) is 0 Å². The maximum atomic E-state index is 13.2. The van der Waals surface area contributed by atoms with Crippen molar-refractivity contribution in [1.82, 2.24) is 4.98 Å². The Kier molecular flexibility index (Phi) is 4.01. The molecule has 0 bridgehead atoms. The molecule has 3 rings (SSSR count). The standard InChI is InChI=1S/C18H14FN3O/c19-17-11-14(9-10-21-17)12-5-7-13(8-6-12)18(23)22-16-4-2-1-3-15(16)20/h1-11H,20H2,(H,22,23). The van der Waals surface area contributed by atoms with E-state index in [9.17, 15) is 9.18 Å². The molecule has 0 radical (unpaired) electrons. The second kappa shape index (κ2) is 6.27. The Bertz CT molecular complexity index is 847. The minimum absolute atomic E-state index is 0.254. The maximum absolute atomic E-state index is 13.2. The molecule has 4 nitrogen and oxygen atoms in total. The first-order valence-corrected chi connectivity index (χ1v) is 7.01. The Balaban J connectivity index is 1.79. The number of hydrogen-bond donors (Lipinski definition) is 2. The highest BCUT2D eigenvalue weighted by atomic mass is 19.1. The summed E-state index contributed by atoms with van der Waals surface area (Å²) in [4.78, 5) is 15.8. The number of amides is 1. The van der Waals surface area contributed by atoms with E-state index in [0.29, 0.717) is 22.5 Å². The van der Waals surface area contributed by atoms with Gasteiger partial charge < -0.3 is 11.1 Å². The van der Waals surface area contributed by atoms with Gasteiger partial charge in [0, 0.05) is 17.8 Å². The number of para-hydroxylation sites is 2. The molecule has 0 fully saturated rings. The number of nitrogen functional groups attached to an aromatic ring is 1. The predicted octanol–water partition coefficient (Wildman–Crippen LogP) is 3.72. The highest BCUT2D eigenvalue weighted by Crippen LogP contribution is 2.21. The minimum Gasteiger partial charge on any atom is -0.397 e. The first kappa shape index (κ1) is 14.7. The van der Waals surface area contributed by atoms with Crippen molar-refractivity contribution in [3.8, 4) is 11.1 Å². The molecule has 114 valence electrons. The van der Waals surface area contributed by atoms with Gasteiger partial charge in [-0.25, -0.2) is 4.98 Å². The fraction of sp³-hybridized carbons (Fsp3) is 0. The molecule has 23 heavy (non-hydrogen) atoms. The zero-order valence-electron chi connectivity index (χ0n) is 12.2. The van der Waals surface area contributed by atoms with E-state index in [1.807, 2.05) is 0 Å². The van der Waals surface area contributed by atoms with Crippen LogP contribution >= 0.6 is 0 Å². The molecule has 0 saturated heterocycles. The topological polar surface area (TPSA) is 68.0 Å². The van der Waals surface area contributed by atoms with E-state index in [2.05, 4.69) is 10.3 Å². The van der Waals surface area contributed by atoms with E-state index in [1.165, 1.54) is 12.3 Å². The number of rotatable bonds is 3. The van der Waals surface area contributed by atoms with Crippen LogP contribution in [0.3, 0.4) is 0 Å². The molecule has 0 aliphatic heterocycles. The fourth-order valence-electron chi connectivity index (χ4n) is 2.20. The lowest BCUT2D eigenvalue weighted by molar-refractivity contribution is 0.102. The second-order valence-electron chi connectivity index (χ2n) is 4.99. The number of benzene rings is 2. The number of hydrogen-bond acceptors (Lipinski definition) is 3. The van der Waals surface area contributed by atoms with E-state index in [1.54, 1.807) is 54.6 Å². The Morgan fingerprint density at radius 2 is 1.74 bits per heavy atom. The van der Waals surface area contributed by atoms with Gasteiger partial charge in [0.15, 0.2) is 0 Å². The van der Waals surface area contributed by atoms with Gasteiger partial charge in [-0.05, 0) is 41.5 Å². The van der Waals surface area contributed by atoms with Crippen LogP contribution in [0, 0.1) is 5.95 Å². The number of carbonyl (C=O) groups excluding carboxylic acids is 1. The molecule has 0 spiro atoms. The summed E-state index contributed by atoms with van der Waals surface area (Å²) >= 11 is 0. The van der Waals surface area contributed by atoms with Crippen molar-refractivity contribution in [2.75, 3.05) is 11.1 Å². The zero-order valence-corrected chi connectivity index (χ0v) is 12.2. The normalized spacial score (nSPS) is 10.3. The molecule has 0 aliphatic rings. The van der Waals surface area contributed by atoms with Gasteiger partial charge in [0.05, 0.1) is 11.4 Å². The molecule has 0 saturated carbocycles. The first-order chi connectivity index (χ1) is 11.1. The number of carbonyl (C=O) groups is 1. The number of halogens is 1. The van der Waals surface area contributed by atoms with Gasteiger partial charge in [0.1, 0.15) is 0 Å². The highest BCUT2D eigenvalue weighted by molar-refractivity contribution is 6.05. The van der Waals surface area contributed by atoms with E-state index in [4.69, 9.17) is 5.73 Å². The van der Waals surface area contributed by atoms with Crippen molar-refractivity contribution in [3.63, 3.8) is 0 Å². The van der Waals surface area contributed by atoms with Crippen LogP contribution in [0.2, 0.25) is 0 Å². The van der Waals surface area contributed by atoms with Crippen LogP contribution in [0.4, 0.5) is 15.8 Å². The third-order valence-corrected chi connectivity index (χ3v) is 3.42. The average Bonchev–Trinajstić information content (AvgIpc) is 2.57. The van der Waals surface area contributed by atoms with Crippen LogP contribution in [-0.4, -0.2) is 10.9 Å². The van der Waals surface area contributed by atoms with E-state index in [0.717, 1.165) is 5.56 Å². The van der Waals surface area contributed by atoms with Gasteiger partial charge in [-0.15, -0.1) is 0 Å². The highest BCUT2D eigenvalue weighted by Gasteiger charge is 2.08. The van der Waals surface area contributed by atoms with Gasteiger partial charge >= 0.3 is 0 Å². The van der Waals surface area contributed by atoms with Crippen molar-refractivity contribution in [2.45, 2.75) is 0 Å². The number of nitrogens with zero attached hydrogens (tertiary/aromatic N) is 1.